The SMILES string of the molecule is CCOC(=O)c1nn(-c2ccc(C)cc2)c(=O)cc1NC(=O)c1ccccc1OCC. The first kappa shape index (κ1) is 21.8. The molecule has 0 aliphatic carbocycles. The number of hydrogen-bond acceptors (Lipinski definition) is 6. The van der Waals surface area contributed by atoms with Crippen molar-refractivity contribution in [3.8, 4) is 11.4 Å². The minimum absolute atomic E-state index is 0.0388. The Morgan fingerprint density at radius 1 is 1.03 bits per heavy atom. The number of benzene rings is 2. The molecule has 2 aromatic carbocycles. The van der Waals surface area contributed by atoms with Gasteiger partial charge in [-0.15, -0.1) is 0 Å². The minimum atomic E-state index is -0.753. The predicted molar refractivity (Wildman–Crippen MR) is 116 cm³/mol. The number of carbonyl (C=O) groups is 2. The van der Waals surface area contributed by atoms with Crippen LogP contribution in [0.1, 0.15) is 40.3 Å². The Hall–Kier alpha value is -3.94. The number of nitrogens with one attached hydrogen (secondary N) is 1. The number of aromatic nitrogens is 2. The highest BCUT2D eigenvalue weighted by Gasteiger charge is 2.21. The van der Waals surface area contributed by atoms with Crippen molar-refractivity contribution in [2.75, 3.05) is 18.5 Å². The van der Waals surface area contributed by atoms with E-state index in [1.54, 1.807) is 43.3 Å². The molecule has 0 unspecified atom stereocenters. The zero-order valence-electron chi connectivity index (χ0n) is 17.5. The Balaban J connectivity index is 2.04. The van der Waals surface area contributed by atoms with Crippen molar-refractivity contribution in [3.63, 3.8) is 0 Å². The van der Waals surface area contributed by atoms with Crippen LogP contribution in [0.15, 0.2) is 59.4 Å². The van der Waals surface area contributed by atoms with Crippen LogP contribution in [-0.2, 0) is 4.74 Å². The molecule has 0 saturated heterocycles. The highest BCUT2D eigenvalue weighted by molar-refractivity contribution is 6.08. The Bertz CT molecular complexity index is 1150. The number of anilines is 1. The van der Waals surface area contributed by atoms with Gasteiger partial charge in [-0.25, -0.2) is 4.79 Å². The third-order valence-corrected chi connectivity index (χ3v) is 4.36. The maximum atomic E-state index is 12.9. The summed E-state index contributed by atoms with van der Waals surface area (Å²) in [5, 5.41) is 6.78. The minimum Gasteiger partial charge on any atom is -0.493 e. The number of hydrogen-bond donors (Lipinski definition) is 1. The van der Waals surface area contributed by atoms with Gasteiger partial charge in [0.1, 0.15) is 5.75 Å². The van der Waals surface area contributed by atoms with Gasteiger partial charge in [0.2, 0.25) is 0 Å². The van der Waals surface area contributed by atoms with E-state index in [1.165, 1.54) is 0 Å². The van der Waals surface area contributed by atoms with Gasteiger partial charge in [-0.1, -0.05) is 29.8 Å². The lowest BCUT2D eigenvalue weighted by Crippen LogP contribution is -2.27. The van der Waals surface area contributed by atoms with Crippen LogP contribution in [0.4, 0.5) is 5.69 Å². The Kier molecular flexibility index (Phi) is 6.81. The lowest BCUT2D eigenvalue weighted by Gasteiger charge is -2.14. The highest BCUT2D eigenvalue weighted by atomic mass is 16.5. The number of para-hydroxylation sites is 1. The standard InChI is InChI=1S/C23H23N3O5/c1-4-30-19-9-7-6-8-17(19)22(28)24-18-14-20(27)26(16-12-10-15(3)11-13-16)25-21(18)23(29)31-5-2/h6-14H,4-5H2,1-3H3,(H,24,28). The summed E-state index contributed by atoms with van der Waals surface area (Å²) < 4.78 is 11.7. The number of rotatable bonds is 7. The molecule has 8 heteroatoms. The molecule has 1 heterocycles. The lowest BCUT2D eigenvalue weighted by molar-refractivity contribution is 0.0518. The Morgan fingerprint density at radius 2 is 1.74 bits per heavy atom. The number of ether oxygens (including phenoxy) is 2. The summed E-state index contributed by atoms with van der Waals surface area (Å²) in [4.78, 5) is 38.1. The fourth-order valence-electron chi connectivity index (χ4n) is 2.90. The van der Waals surface area contributed by atoms with Crippen molar-refractivity contribution in [2.24, 2.45) is 0 Å². The molecule has 1 N–H and O–H groups in total. The van der Waals surface area contributed by atoms with Gasteiger partial charge in [-0.3, -0.25) is 9.59 Å². The van der Waals surface area contributed by atoms with E-state index in [-0.39, 0.29) is 23.6 Å². The summed E-state index contributed by atoms with van der Waals surface area (Å²) in [6, 6.07) is 14.9. The number of aryl methyl sites for hydroxylation is 1. The molecule has 0 saturated carbocycles. The van der Waals surface area contributed by atoms with E-state index in [0.29, 0.717) is 18.0 Å². The van der Waals surface area contributed by atoms with Gasteiger partial charge < -0.3 is 14.8 Å². The smallest absolute Gasteiger partial charge is 0.360 e. The second-order valence-corrected chi connectivity index (χ2v) is 6.60. The van der Waals surface area contributed by atoms with Crippen LogP contribution < -0.4 is 15.6 Å². The molecule has 8 nitrogen and oxygen atoms in total. The number of esters is 1. The van der Waals surface area contributed by atoms with Gasteiger partial charge in [0.15, 0.2) is 5.69 Å². The topological polar surface area (TPSA) is 99.5 Å². The molecule has 160 valence electrons. The fraction of sp³-hybridized carbons (Fsp3) is 0.217. The summed E-state index contributed by atoms with van der Waals surface area (Å²) >= 11 is 0. The third-order valence-electron chi connectivity index (χ3n) is 4.36. The summed E-state index contributed by atoms with van der Waals surface area (Å²) in [5.41, 5.74) is 1.04. The quantitative estimate of drug-likeness (QED) is 0.587. The van der Waals surface area contributed by atoms with Gasteiger partial charge in [0.05, 0.1) is 30.2 Å². The largest absolute Gasteiger partial charge is 0.493 e. The monoisotopic (exact) mass is 421 g/mol. The molecule has 31 heavy (non-hydrogen) atoms. The van der Waals surface area contributed by atoms with Gasteiger partial charge in [0.25, 0.3) is 11.5 Å². The first-order valence-corrected chi connectivity index (χ1v) is 9.86. The zero-order valence-corrected chi connectivity index (χ0v) is 17.5. The Morgan fingerprint density at radius 3 is 2.42 bits per heavy atom. The average molecular weight is 421 g/mol. The zero-order chi connectivity index (χ0) is 22.4. The van der Waals surface area contributed by atoms with Crippen LogP contribution >= 0.6 is 0 Å². The molecule has 3 rings (SSSR count). The maximum absolute atomic E-state index is 12.9. The summed E-state index contributed by atoms with van der Waals surface area (Å²) in [5.74, 6) is -0.901. The highest BCUT2D eigenvalue weighted by Crippen LogP contribution is 2.21. The van der Waals surface area contributed by atoms with Crippen molar-refractivity contribution >= 4 is 17.6 Å². The number of nitrogens with zero attached hydrogens (tertiary/aromatic N) is 2. The van der Waals surface area contributed by atoms with E-state index in [2.05, 4.69) is 10.4 Å². The van der Waals surface area contributed by atoms with Crippen molar-refractivity contribution in [3.05, 3.63) is 81.8 Å². The third kappa shape index (κ3) is 4.98. The van der Waals surface area contributed by atoms with Crippen LogP contribution in [0.3, 0.4) is 0 Å². The van der Waals surface area contributed by atoms with E-state index in [4.69, 9.17) is 9.47 Å². The van der Waals surface area contributed by atoms with Crippen LogP contribution in [0.25, 0.3) is 5.69 Å². The molecule has 1 amide bonds. The maximum Gasteiger partial charge on any atom is 0.360 e. The predicted octanol–water partition coefficient (Wildman–Crippen LogP) is 3.37. The van der Waals surface area contributed by atoms with E-state index < -0.39 is 17.4 Å². The molecule has 0 aliphatic heterocycles. The van der Waals surface area contributed by atoms with Crippen LogP contribution in [0.2, 0.25) is 0 Å². The summed E-state index contributed by atoms with van der Waals surface area (Å²) in [6.07, 6.45) is 0. The molecule has 1 aromatic heterocycles. The first-order valence-electron chi connectivity index (χ1n) is 9.86. The van der Waals surface area contributed by atoms with Crippen molar-refractivity contribution < 1.29 is 19.1 Å². The van der Waals surface area contributed by atoms with Gasteiger partial charge in [0, 0.05) is 6.07 Å². The molecule has 0 atom stereocenters. The molecule has 0 radical (unpaired) electrons. The molecular formula is C23H23N3O5. The fourth-order valence-corrected chi connectivity index (χ4v) is 2.90. The second kappa shape index (κ2) is 9.71. The van der Waals surface area contributed by atoms with Crippen molar-refractivity contribution in [1.29, 1.82) is 0 Å². The second-order valence-electron chi connectivity index (χ2n) is 6.60. The van der Waals surface area contributed by atoms with Gasteiger partial charge in [-0.2, -0.15) is 9.78 Å². The Labute approximate surface area is 179 Å². The molecule has 0 spiro atoms. The van der Waals surface area contributed by atoms with Crippen molar-refractivity contribution in [2.45, 2.75) is 20.8 Å². The van der Waals surface area contributed by atoms with Crippen LogP contribution in [-0.4, -0.2) is 34.9 Å². The number of carbonyl (C=O) groups excluding carboxylic acids is 2. The lowest BCUT2D eigenvalue weighted by atomic mass is 10.1. The summed E-state index contributed by atoms with van der Waals surface area (Å²) in [7, 11) is 0. The normalized spacial score (nSPS) is 10.4. The van der Waals surface area contributed by atoms with E-state index in [0.717, 1.165) is 16.3 Å². The van der Waals surface area contributed by atoms with Crippen LogP contribution in [0.5, 0.6) is 5.75 Å². The average Bonchev–Trinajstić information content (AvgIpc) is 2.75. The summed E-state index contributed by atoms with van der Waals surface area (Å²) in [6.45, 7) is 5.88. The van der Waals surface area contributed by atoms with Crippen LogP contribution in [0, 0.1) is 6.92 Å². The number of amides is 1. The van der Waals surface area contributed by atoms with Gasteiger partial charge >= 0.3 is 5.97 Å². The molecule has 3 aromatic rings. The molecule has 0 bridgehead atoms. The van der Waals surface area contributed by atoms with Crippen molar-refractivity contribution in [1.82, 2.24) is 9.78 Å². The first-order chi connectivity index (χ1) is 14.9. The molecule has 0 fully saturated rings. The van der Waals surface area contributed by atoms with E-state index in [1.807, 2.05) is 26.0 Å². The van der Waals surface area contributed by atoms with E-state index >= 15 is 0 Å². The molecule has 0 aliphatic rings. The molecular weight excluding hydrogens is 398 g/mol. The van der Waals surface area contributed by atoms with E-state index in [9.17, 15) is 14.4 Å². The van der Waals surface area contributed by atoms with Gasteiger partial charge in [-0.05, 0) is 45.0 Å².